The topological polar surface area (TPSA) is 59.4 Å². The van der Waals surface area contributed by atoms with Crippen LogP contribution in [0.1, 0.15) is 5.56 Å². The third-order valence-corrected chi connectivity index (χ3v) is 12.6. The van der Waals surface area contributed by atoms with Gasteiger partial charge in [0.15, 0.2) is 0 Å². The number of halogens is 2. The van der Waals surface area contributed by atoms with E-state index in [1.54, 1.807) is 0 Å². The van der Waals surface area contributed by atoms with E-state index in [1.165, 1.54) is 12.1 Å². The fourth-order valence-corrected chi connectivity index (χ4v) is 9.55. The zero-order valence-electron chi connectivity index (χ0n) is 35.2. The average Bonchev–Trinajstić information content (AvgIpc) is 3.88. The minimum Gasteiger partial charge on any atom is -0.307 e. The van der Waals surface area contributed by atoms with Crippen LogP contribution in [0.5, 0.6) is 0 Å². The number of pyridine rings is 2. The Morgan fingerprint density at radius 3 is 1.30 bits per heavy atom. The van der Waals surface area contributed by atoms with Crippen LogP contribution in [0.2, 0.25) is 0 Å². The van der Waals surface area contributed by atoms with Gasteiger partial charge in [-0.25, -0.2) is 8.78 Å². The van der Waals surface area contributed by atoms with E-state index >= 15 is 8.78 Å². The van der Waals surface area contributed by atoms with Gasteiger partial charge in [-0.3, -0.25) is 9.97 Å². The third kappa shape index (κ3) is 6.51. The Bertz CT molecular complexity index is 3900. The van der Waals surface area contributed by atoms with Crippen molar-refractivity contribution in [3.63, 3.8) is 0 Å². The van der Waals surface area contributed by atoms with Crippen LogP contribution in [-0.4, -0.2) is 19.1 Å². The fourth-order valence-electron chi connectivity index (χ4n) is 9.55. The zero-order valence-corrected chi connectivity index (χ0v) is 35.2. The number of benzene rings is 8. The van der Waals surface area contributed by atoms with Crippen molar-refractivity contribution in [1.29, 1.82) is 5.26 Å². The highest BCUT2D eigenvalue weighted by atomic mass is 19.1. The summed E-state index contributed by atoms with van der Waals surface area (Å²) in [6.45, 7) is 0. The number of hydrogen-bond donors (Lipinski definition) is 0. The molecule has 66 heavy (non-hydrogen) atoms. The first-order valence-electron chi connectivity index (χ1n) is 21.6. The fraction of sp³-hybridized carbons (Fsp3) is 0. The average molecular weight is 852 g/mol. The van der Waals surface area contributed by atoms with Crippen LogP contribution in [-0.2, 0) is 0 Å². The molecule has 0 spiro atoms. The van der Waals surface area contributed by atoms with E-state index in [9.17, 15) is 5.26 Å². The number of rotatable bonds is 7. The van der Waals surface area contributed by atoms with Crippen LogP contribution in [0.4, 0.5) is 8.78 Å². The van der Waals surface area contributed by atoms with E-state index in [0.717, 1.165) is 106 Å². The Labute approximate surface area is 378 Å². The van der Waals surface area contributed by atoms with Gasteiger partial charge in [-0.1, -0.05) is 121 Å². The number of aromatic nitrogens is 4. The number of nitriles is 1. The summed E-state index contributed by atoms with van der Waals surface area (Å²) in [7, 11) is 0. The monoisotopic (exact) mass is 851 g/mol. The first-order valence-corrected chi connectivity index (χ1v) is 21.6. The maximum atomic E-state index is 15.1. The predicted octanol–water partition coefficient (Wildman–Crippen LogP) is 15.2. The quantitative estimate of drug-likeness (QED) is 0.160. The smallest absolute Gasteiger partial charge is 0.126 e. The highest BCUT2D eigenvalue weighted by molar-refractivity contribution is 6.13. The molecule has 0 amide bonds. The lowest BCUT2D eigenvalue weighted by atomic mass is 9.97. The van der Waals surface area contributed by atoms with Crippen LogP contribution in [0, 0.1) is 23.0 Å². The molecule has 0 aliphatic rings. The van der Waals surface area contributed by atoms with Crippen molar-refractivity contribution < 1.29 is 8.78 Å². The Balaban J connectivity index is 1.16. The third-order valence-electron chi connectivity index (χ3n) is 12.6. The molecule has 0 bridgehead atoms. The molecule has 5 nitrogen and oxygen atoms in total. The molecule has 0 aliphatic carbocycles. The van der Waals surface area contributed by atoms with Gasteiger partial charge in [0, 0.05) is 56.7 Å². The normalized spacial score (nSPS) is 11.5. The molecule has 0 aliphatic heterocycles. The molecule has 0 fully saturated rings. The van der Waals surface area contributed by atoms with Crippen LogP contribution >= 0.6 is 0 Å². The van der Waals surface area contributed by atoms with E-state index in [2.05, 4.69) is 112 Å². The molecule has 310 valence electrons. The van der Waals surface area contributed by atoms with E-state index in [4.69, 9.17) is 9.97 Å². The van der Waals surface area contributed by atoms with Gasteiger partial charge in [0.05, 0.1) is 56.5 Å². The second-order valence-electron chi connectivity index (χ2n) is 16.4. The van der Waals surface area contributed by atoms with Gasteiger partial charge in [0.25, 0.3) is 0 Å². The molecule has 4 aromatic heterocycles. The molecular formula is C59H35F2N5. The van der Waals surface area contributed by atoms with Crippen molar-refractivity contribution in [1.82, 2.24) is 19.1 Å². The Morgan fingerprint density at radius 1 is 0.364 bits per heavy atom. The van der Waals surface area contributed by atoms with Crippen molar-refractivity contribution >= 4 is 43.6 Å². The zero-order chi connectivity index (χ0) is 44.3. The highest BCUT2D eigenvalue weighted by Crippen LogP contribution is 2.43. The minimum absolute atomic E-state index is 0.264. The number of hydrogen-bond acceptors (Lipinski definition) is 3. The molecule has 0 N–H and O–H groups in total. The number of para-hydroxylation sites is 2. The van der Waals surface area contributed by atoms with Gasteiger partial charge >= 0.3 is 0 Å². The summed E-state index contributed by atoms with van der Waals surface area (Å²) in [6.07, 6.45) is 3.68. The molecule has 0 radical (unpaired) electrons. The van der Waals surface area contributed by atoms with Gasteiger partial charge < -0.3 is 9.13 Å². The van der Waals surface area contributed by atoms with Gasteiger partial charge in [0.2, 0.25) is 0 Å². The van der Waals surface area contributed by atoms with Crippen LogP contribution in [0.15, 0.2) is 213 Å². The van der Waals surface area contributed by atoms with Gasteiger partial charge in [-0.2, -0.15) is 5.26 Å². The first kappa shape index (κ1) is 38.7. The minimum atomic E-state index is -0.727. The van der Waals surface area contributed by atoms with Crippen molar-refractivity contribution in [2.75, 3.05) is 0 Å². The van der Waals surface area contributed by atoms with Gasteiger partial charge in [-0.15, -0.1) is 0 Å². The summed E-state index contributed by atoms with van der Waals surface area (Å²) in [5, 5.41) is 15.1. The highest BCUT2D eigenvalue weighted by Gasteiger charge is 2.23. The molecule has 0 saturated carbocycles. The molecule has 12 rings (SSSR count). The van der Waals surface area contributed by atoms with Gasteiger partial charge in [0.1, 0.15) is 11.6 Å². The SMILES string of the molecule is N#Cc1cc(-n2c3ccccc3c3ccc(-c4ccnc(-c5ccccc5)c4)cc32)c(-n2c3ccccc3c3ccc(-c4ccnc(-c5ccccc5)c4)cc32)cc1-c1cc(F)cc(F)c1. The summed E-state index contributed by atoms with van der Waals surface area (Å²) >= 11 is 0. The Kier molecular flexibility index (Phi) is 9.18. The summed E-state index contributed by atoms with van der Waals surface area (Å²) in [5.41, 5.74) is 13.9. The van der Waals surface area contributed by atoms with E-state index < -0.39 is 11.6 Å². The number of fused-ring (bicyclic) bond motifs is 6. The van der Waals surface area contributed by atoms with E-state index in [-0.39, 0.29) is 11.1 Å². The Morgan fingerprint density at radius 2 is 0.803 bits per heavy atom. The van der Waals surface area contributed by atoms with Crippen molar-refractivity contribution in [2.45, 2.75) is 0 Å². The number of nitrogens with zero attached hydrogens (tertiary/aromatic N) is 5. The van der Waals surface area contributed by atoms with E-state index in [1.807, 2.05) is 97.3 Å². The lowest BCUT2D eigenvalue weighted by molar-refractivity contribution is 0.584. The Hall–Kier alpha value is -8.99. The maximum absolute atomic E-state index is 15.1. The maximum Gasteiger partial charge on any atom is 0.126 e. The lowest BCUT2D eigenvalue weighted by Crippen LogP contribution is -2.06. The van der Waals surface area contributed by atoms with Gasteiger partial charge in [-0.05, 0) is 101 Å². The van der Waals surface area contributed by atoms with Crippen LogP contribution < -0.4 is 0 Å². The molecule has 12 aromatic rings. The summed E-state index contributed by atoms with van der Waals surface area (Å²) in [5.74, 6) is -1.45. The molecule has 0 atom stereocenters. The molecule has 7 heteroatoms. The van der Waals surface area contributed by atoms with E-state index in [0.29, 0.717) is 5.56 Å². The molecule has 0 unspecified atom stereocenters. The molecule has 4 heterocycles. The van der Waals surface area contributed by atoms with Crippen LogP contribution in [0.25, 0.3) is 111 Å². The van der Waals surface area contributed by atoms with Crippen molar-refractivity contribution in [3.05, 3.63) is 230 Å². The molecule has 0 saturated heterocycles. The predicted molar refractivity (Wildman–Crippen MR) is 263 cm³/mol. The van der Waals surface area contributed by atoms with Crippen molar-refractivity contribution in [3.8, 4) is 73.3 Å². The summed E-state index contributed by atoms with van der Waals surface area (Å²) < 4.78 is 34.6. The summed E-state index contributed by atoms with van der Waals surface area (Å²) in [6, 6.07) is 67.6. The second kappa shape index (κ2) is 15.7. The van der Waals surface area contributed by atoms with Crippen molar-refractivity contribution in [2.24, 2.45) is 0 Å². The standard InChI is InChI=1S/C59H35F2N5/c60-45-27-43(28-46(61)34-45)51-35-59(66-55-18-10-8-16-48(55)50-22-20-40(32-57(50)66)42-24-26-64-53(30-42)38-13-5-2-6-14-38)58(33-44(51)36-62)65-54-17-9-7-15-47(54)49-21-19-39(31-56(49)65)41-23-25-63-52(29-41)37-11-3-1-4-12-37/h1-35H. The largest absolute Gasteiger partial charge is 0.307 e. The van der Waals surface area contributed by atoms with Crippen LogP contribution in [0.3, 0.4) is 0 Å². The molecule has 8 aromatic carbocycles. The second-order valence-corrected chi connectivity index (χ2v) is 16.4. The first-order chi connectivity index (χ1) is 32.5. The molecular weight excluding hydrogens is 817 g/mol. The lowest BCUT2D eigenvalue weighted by Gasteiger charge is -2.20. The summed E-state index contributed by atoms with van der Waals surface area (Å²) in [4.78, 5) is 9.41.